The Morgan fingerprint density at radius 2 is 1.72 bits per heavy atom. The van der Waals surface area contributed by atoms with Gasteiger partial charge in [0.1, 0.15) is 12.4 Å². The highest BCUT2D eigenvalue weighted by molar-refractivity contribution is 6.35. The molecule has 3 nitrogen and oxygen atoms in total. The SMILES string of the molecule is CCNCCCNCc1cc(Cl)cc(Cl)c1OCc1ccc(C)cc1. The first-order valence-corrected chi connectivity index (χ1v) is 9.43. The van der Waals surface area contributed by atoms with Crippen LogP contribution in [-0.4, -0.2) is 19.6 Å². The predicted molar refractivity (Wildman–Crippen MR) is 107 cm³/mol. The Morgan fingerprint density at radius 3 is 2.44 bits per heavy atom. The van der Waals surface area contributed by atoms with Crippen molar-refractivity contribution in [2.45, 2.75) is 33.4 Å². The molecule has 0 aliphatic rings. The first-order valence-electron chi connectivity index (χ1n) is 8.68. The minimum atomic E-state index is 0.481. The van der Waals surface area contributed by atoms with Gasteiger partial charge < -0.3 is 15.4 Å². The van der Waals surface area contributed by atoms with E-state index in [4.69, 9.17) is 27.9 Å². The number of hydrogen-bond donors (Lipinski definition) is 2. The lowest BCUT2D eigenvalue weighted by atomic mass is 10.1. The molecule has 0 unspecified atom stereocenters. The summed E-state index contributed by atoms with van der Waals surface area (Å²) in [6.45, 7) is 8.27. The Labute approximate surface area is 160 Å². The molecular weight excluding hydrogens is 355 g/mol. The van der Waals surface area contributed by atoms with E-state index in [1.165, 1.54) is 5.56 Å². The van der Waals surface area contributed by atoms with Crippen molar-refractivity contribution in [3.63, 3.8) is 0 Å². The third-order valence-electron chi connectivity index (χ3n) is 3.86. The van der Waals surface area contributed by atoms with E-state index in [1.54, 1.807) is 6.07 Å². The molecule has 0 bridgehead atoms. The number of halogens is 2. The first kappa shape index (κ1) is 20.1. The number of nitrogens with one attached hydrogen (secondary N) is 2. The highest BCUT2D eigenvalue weighted by Crippen LogP contribution is 2.33. The Morgan fingerprint density at radius 1 is 1.00 bits per heavy atom. The smallest absolute Gasteiger partial charge is 0.142 e. The lowest BCUT2D eigenvalue weighted by Gasteiger charge is -2.15. The van der Waals surface area contributed by atoms with E-state index < -0.39 is 0 Å². The summed E-state index contributed by atoms with van der Waals surface area (Å²) in [5, 5.41) is 7.90. The molecule has 136 valence electrons. The summed E-state index contributed by atoms with van der Waals surface area (Å²) in [5.74, 6) is 0.700. The normalized spacial score (nSPS) is 10.9. The molecule has 2 N–H and O–H groups in total. The summed E-state index contributed by atoms with van der Waals surface area (Å²) in [7, 11) is 0. The average Bonchev–Trinajstić information content (AvgIpc) is 2.58. The minimum absolute atomic E-state index is 0.481. The van der Waals surface area contributed by atoms with Crippen molar-refractivity contribution in [3.05, 3.63) is 63.1 Å². The topological polar surface area (TPSA) is 33.3 Å². The van der Waals surface area contributed by atoms with E-state index in [0.717, 1.165) is 37.2 Å². The van der Waals surface area contributed by atoms with Gasteiger partial charge >= 0.3 is 0 Å². The zero-order valence-electron chi connectivity index (χ0n) is 14.9. The van der Waals surface area contributed by atoms with Crippen molar-refractivity contribution in [1.29, 1.82) is 0 Å². The van der Waals surface area contributed by atoms with Gasteiger partial charge in [-0.1, -0.05) is 60.0 Å². The maximum atomic E-state index is 6.36. The van der Waals surface area contributed by atoms with Gasteiger partial charge in [-0.3, -0.25) is 0 Å². The Hall–Kier alpha value is -1.26. The van der Waals surface area contributed by atoms with Gasteiger partial charge in [0, 0.05) is 17.1 Å². The molecule has 0 amide bonds. The Kier molecular flexibility index (Phi) is 8.56. The first-order chi connectivity index (χ1) is 12.1. The van der Waals surface area contributed by atoms with E-state index in [-0.39, 0.29) is 0 Å². The van der Waals surface area contributed by atoms with Crippen molar-refractivity contribution < 1.29 is 4.74 Å². The van der Waals surface area contributed by atoms with Gasteiger partial charge in [-0.05, 0) is 50.7 Å². The summed E-state index contributed by atoms with van der Waals surface area (Å²) in [4.78, 5) is 0. The number of aryl methyl sites for hydroxylation is 1. The molecular formula is C20H26Cl2N2O. The fraction of sp³-hybridized carbons (Fsp3) is 0.400. The third-order valence-corrected chi connectivity index (χ3v) is 4.36. The fourth-order valence-electron chi connectivity index (χ4n) is 2.48. The second-order valence-electron chi connectivity index (χ2n) is 6.03. The molecule has 25 heavy (non-hydrogen) atoms. The Balaban J connectivity index is 1.97. The number of benzene rings is 2. The molecule has 0 atom stereocenters. The van der Waals surface area contributed by atoms with Crippen molar-refractivity contribution in [3.8, 4) is 5.75 Å². The molecule has 0 radical (unpaired) electrons. The van der Waals surface area contributed by atoms with Crippen molar-refractivity contribution in [2.24, 2.45) is 0 Å². The van der Waals surface area contributed by atoms with E-state index in [0.29, 0.717) is 28.9 Å². The summed E-state index contributed by atoms with van der Waals surface area (Å²) in [5.41, 5.74) is 3.32. The van der Waals surface area contributed by atoms with Crippen LogP contribution in [0.3, 0.4) is 0 Å². The number of ether oxygens (including phenoxy) is 1. The average molecular weight is 381 g/mol. The standard InChI is InChI=1S/C20H26Cl2N2O/c1-3-23-9-4-10-24-13-17-11-18(21)12-19(22)20(17)25-14-16-7-5-15(2)6-8-16/h5-8,11-12,23-24H,3-4,9-10,13-14H2,1-2H3. The highest BCUT2D eigenvalue weighted by Gasteiger charge is 2.11. The van der Waals surface area contributed by atoms with Crippen LogP contribution in [0.15, 0.2) is 36.4 Å². The predicted octanol–water partition coefficient (Wildman–Crippen LogP) is 4.97. The molecule has 2 rings (SSSR count). The molecule has 2 aromatic rings. The third kappa shape index (κ3) is 6.87. The molecule has 0 heterocycles. The van der Waals surface area contributed by atoms with Crippen LogP contribution in [0.5, 0.6) is 5.75 Å². The van der Waals surface area contributed by atoms with Crippen LogP contribution in [0.4, 0.5) is 0 Å². The van der Waals surface area contributed by atoms with Gasteiger partial charge in [0.15, 0.2) is 0 Å². The number of hydrogen-bond acceptors (Lipinski definition) is 3. The quantitative estimate of drug-likeness (QED) is 0.570. The maximum absolute atomic E-state index is 6.36. The van der Waals surface area contributed by atoms with Gasteiger partial charge in [-0.15, -0.1) is 0 Å². The molecule has 0 aliphatic carbocycles. The second-order valence-corrected chi connectivity index (χ2v) is 6.88. The second kappa shape index (κ2) is 10.7. The van der Waals surface area contributed by atoms with Gasteiger partial charge in [-0.2, -0.15) is 0 Å². The van der Waals surface area contributed by atoms with Crippen LogP contribution in [-0.2, 0) is 13.2 Å². The van der Waals surface area contributed by atoms with Crippen LogP contribution in [0.2, 0.25) is 10.0 Å². The maximum Gasteiger partial charge on any atom is 0.142 e. The van der Waals surface area contributed by atoms with Crippen molar-refractivity contribution in [2.75, 3.05) is 19.6 Å². The molecule has 0 fully saturated rings. The summed E-state index contributed by atoms with van der Waals surface area (Å²) >= 11 is 12.5. The summed E-state index contributed by atoms with van der Waals surface area (Å²) in [6, 6.07) is 11.9. The molecule has 0 saturated carbocycles. The van der Waals surface area contributed by atoms with Gasteiger partial charge in [0.25, 0.3) is 0 Å². The molecule has 2 aromatic carbocycles. The molecule has 0 saturated heterocycles. The van der Waals surface area contributed by atoms with E-state index in [9.17, 15) is 0 Å². The van der Waals surface area contributed by atoms with Crippen LogP contribution in [0, 0.1) is 6.92 Å². The van der Waals surface area contributed by atoms with Crippen LogP contribution >= 0.6 is 23.2 Å². The minimum Gasteiger partial charge on any atom is -0.487 e. The summed E-state index contributed by atoms with van der Waals surface area (Å²) in [6.07, 6.45) is 1.07. The molecule has 0 spiro atoms. The Bertz CT molecular complexity index is 659. The molecule has 5 heteroatoms. The zero-order valence-corrected chi connectivity index (χ0v) is 16.4. The summed E-state index contributed by atoms with van der Waals surface area (Å²) < 4.78 is 6.00. The van der Waals surface area contributed by atoms with Crippen LogP contribution < -0.4 is 15.4 Å². The lowest BCUT2D eigenvalue weighted by Crippen LogP contribution is -2.21. The van der Waals surface area contributed by atoms with Crippen LogP contribution in [0.1, 0.15) is 30.0 Å². The van der Waals surface area contributed by atoms with Gasteiger partial charge in [0.2, 0.25) is 0 Å². The fourth-order valence-corrected chi connectivity index (χ4v) is 3.07. The van der Waals surface area contributed by atoms with E-state index in [2.05, 4.69) is 48.7 Å². The van der Waals surface area contributed by atoms with Gasteiger partial charge in [-0.25, -0.2) is 0 Å². The molecule has 0 aliphatic heterocycles. The van der Waals surface area contributed by atoms with Crippen LogP contribution in [0.25, 0.3) is 0 Å². The largest absolute Gasteiger partial charge is 0.487 e. The van der Waals surface area contributed by atoms with Gasteiger partial charge in [0.05, 0.1) is 5.02 Å². The molecule has 0 aromatic heterocycles. The van der Waals surface area contributed by atoms with E-state index in [1.807, 2.05) is 6.07 Å². The lowest BCUT2D eigenvalue weighted by molar-refractivity contribution is 0.302. The van der Waals surface area contributed by atoms with Crippen molar-refractivity contribution in [1.82, 2.24) is 10.6 Å². The van der Waals surface area contributed by atoms with E-state index >= 15 is 0 Å². The zero-order chi connectivity index (χ0) is 18.1. The van der Waals surface area contributed by atoms with Crippen molar-refractivity contribution >= 4 is 23.2 Å². The number of rotatable bonds is 10. The highest BCUT2D eigenvalue weighted by atomic mass is 35.5. The monoisotopic (exact) mass is 380 g/mol.